The maximum Gasteiger partial charge on any atom is 0.335 e. The van der Waals surface area contributed by atoms with Gasteiger partial charge in [0, 0.05) is 33.9 Å². The molecule has 0 radical (unpaired) electrons. The lowest BCUT2D eigenvalue weighted by atomic mass is 10.1. The van der Waals surface area contributed by atoms with Crippen LogP contribution in [0.2, 0.25) is 5.02 Å². The Hall–Kier alpha value is -3.38. The van der Waals surface area contributed by atoms with Crippen LogP contribution in [0, 0.1) is 13.8 Å². The molecule has 6 nitrogen and oxygen atoms in total. The number of hydrogen-bond acceptors (Lipinski definition) is 3. The molecule has 0 amide bonds. The maximum atomic E-state index is 11.4. The number of rotatable bonds is 5. The summed E-state index contributed by atoms with van der Waals surface area (Å²) in [6, 6.07) is 13.1. The first-order chi connectivity index (χ1) is 13.3. The van der Waals surface area contributed by atoms with E-state index in [1.165, 1.54) is 12.1 Å². The number of carboxylic acid groups (broad SMARTS) is 2. The highest BCUT2D eigenvalue weighted by Gasteiger charge is 2.15. The second-order valence-electron chi connectivity index (χ2n) is 6.28. The Morgan fingerprint density at radius 1 is 1.00 bits per heavy atom. The molecule has 0 atom stereocenters. The summed E-state index contributed by atoms with van der Waals surface area (Å²) in [5.74, 6) is -2.37. The molecular weight excluding hydrogens is 380 g/mol. The first kappa shape index (κ1) is 19.4. The molecule has 0 aliphatic heterocycles. The topological polar surface area (TPSA) is 91.9 Å². The normalized spacial score (nSPS) is 11.1. The molecule has 7 heteroatoms. The summed E-state index contributed by atoms with van der Waals surface area (Å²) in [4.78, 5) is 27.2. The van der Waals surface area contributed by atoms with E-state index < -0.39 is 11.9 Å². The average molecular weight is 397 g/mol. The minimum Gasteiger partial charge on any atom is -0.478 e. The van der Waals surface area contributed by atoms with Crippen LogP contribution < -0.4 is 0 Å². The number of hydrogen-bond donors (Lipinski definition) is 2. The van der Waals surface area contributed by atoms with E-state index in [9.17, 15) is 19.8 Å². The standard InChI is InChI=1S/C21H17ClN2O4/c1-12-6-16(11-23-18-5-3-4-17(22)10-18)13(2)24(12)19-8-14(20(25)26)7-15(9-19)21(27)28/h3-11H,1-2H3,(H,25,26)(H,27,28). The van der Waals surface area contributed by atoms with Gasteiger partial charge in [-0.1, -0.05) is 17.7 Å². The molecule has 2 N–H and O–H groups in total. The summed E-state index contributed by atoms with van der Waals surface area (Å²) in [6.45, 7) is 3.72. The monoisotopic (exact) mass is 396 g/mol. The summed E-state index contributed by atoms with van der Waals surface area (Å²) in [6.07, 6.45) is 1.70. The minimum absolute atomic E-state index is 0.0865. The van der Waals surface area contributed by atoms with Gasteiger partial charge in [0.2, 0.25) is 0 Å². The number of benzene rings is 2. The van der Waals surface area contributed by atoms with Gasteiger partial charge in [0.25, 0.3) is 0 Å². The Morgan fingerprint density at radius 2 is 1.64 bits per heavy atom. The molecular formula is C21H17ClN2O4. The molecule has 3 rings (SSSR count). The molecule has 2 aromatic carbocycles. The lowest BCUT2D eigenvalue weighted by Crippen LogP contribution is -2.07. The molecule has 0 aliphatic carbocycles. The largest absolute Gasteiger partial charge is 0.478 e. The van der Waals surface area contributed by atoms with E-state index in [4.69, 9.17) is 11.6 Å². The van der Waals surface area contributed by atoms with Crippen molar-refractivity contribution in [3.63, 3.8) is 0 Å². The SMILES string of the molecule is Cc1cc(C=Nc2cccc(Cl)c2)c(C)n1-c1cc(C(=O)O)cc(C(=O)O)c1. The van der Waals surface area contributed by atoms with E-state index in [0.29, 0.717) is 16.4 Å². The molecule has 0 fully saturated rings. The van der Waals surface area contributed by atoms with Gasteiger partial charge in [0.05, 0.1) is 16.8 Å². The van der Waals surface area contributed by atoms with Crippen molar-refractivity contribution in [3.05, 3.63) is 81.6 Å². The first-order valence-electron chi connectivity index (χ1n) is 8.37. The third-order valence-electron chi connectivity index (χ3n) is 4.30. The fourth-order valence-corrected chi connectivity index (χ4v) is 3.19. The Kier molecular flexibility index (Phi) is 5.33. The third kappa shape index (κ3) is 3.97. The van der Waals surface area contributed by atoms with Crippen LogP contribution in [-0.4, -0.2) is 32.9 Å². The van der Waals surface area contributed by atoms with Crippen molar-refractivity contribution >= 4 is 35.4 Å². The van der Waals surface area contributed by atoms with Crippen LogP contribution in [0.15, 0.2) is 53.5 Å². The lowest BCUT2D eigenvalue weighted by molar-refractivity contribution is 0.0696. The zero-order chi connectivity index (χ0) is 20.4. The van der Waals surface area contributed by atoms with Crippen LogP contribution in [0.3, 0.4) is 0 Å². The van der Waals surface area contributed by atoms with Gasteiger partial charge in [0.1, 0.15) is 0 Å². The molecule has 0 unspecified atom stereocenters. The fourth-order valence-electron chi connectivity index (χ4n) is 3.00. The van der Waals surface area contributed by atoms with Gasteiger partial charge in [-0.15, -0.1) is 0 Å². The maximum absolute atomic E-state index is 11.4. The van der Waals surface area contributed by atoms with E-state index in [1.54, 1.807) is 22.9 Å². The van der Waals surface area contributed by atoms with Gasteiger partial charge >= 0.3 is 11.9 Å². The second-order valence-corrected chi connectivity index (χ2v) is 6.72. The van der Waals surface area contributed by atoms with Gasteiger partial charge in [-0.25, -0.2) is 9.59 Å². The quantitative estimate of drug-likeness (QED) is 0.600. The molecule has 0 saturated heterocycles. The number of aromatic carboxylic acids is 2. The Morgan fingerprint density at radius 3 is 2.21 bits per heavy atom. The van der Waals surface area contributed by atoms with Crippen molar-refractivity contribution in [1.29, 1.82) is 0 Å². The highest BCUT2D eigenvalue weighted by atomic mass is 35.5. The van der Waals surface area contributed by atoms with Crippen molar-refractivity contribution in [2.75, 3.05) is 0 Å². The van der Waals surface area contributed by atoms with Crippen molar-refractivity contribution in [1.82, 2.24) is 4.57 Å². The molecule has 1 aromatic heterocycles. The number of aryl methyl sites for hydroxylation is 1. The molecule has 3 aromatic rings. The number of carbonyl (C=O) groups is 2. The van der Waals surface area contributed by atoms with Gasteiger partial charge in [-0.3, -0.25) is 4.99 Å². The van der Waals surface area contributed by atoms with Crippen LogP contribution in [-0.2, 0) is 0 Å². The number of nitrogens with zero attached hydrogens (tertiary/aromatic N) is 2. The number of halogens is 1. The number of aromatic nitrogens is 1. The van der Waals surface area contributed by atoms with Crippen LogP contribution >= 0.6 is 11.6 Å². The van der Waals surface area contributed by atoms with Gasteiger partial charge in [-0.2, -0.15) is 0 Å². The predicted octanol–water partition coefficient (Wildman–Crippen LogP) is 4.89. The molecule has 142 valence electrons. The van der Waals surface area contributed by atoms with Crippen LogP contribution in [0.25, 0.3) is 5.69 Å². The average Bonchev–Trinajstić information content (AvgIpc) is 2.93. The Labute approximate surface area is 166 Å². The molecule has 1 heterocycles. The minimum atomic E-state index is -1.19. The highest BCUT2D eigenvalue weighted by Crippen LogP contribution is 2.24. The van der Waals surface area contributed by atoms with Gasteiger partial charge in [-0.05, 0) is 56.3 Å². The summed E-state index contributed by atoms with van der Waals surface area (Å²) in [7, 11) is 0. The van der Waals surface area contributed by atoms with E-state index in [1.807, 2.05) is 32.0 Å². The highest BCUT2D eigenvalue weighted by molar-refractivity contribution is 6.30. The third-order valence-corrected chi connectivity index (χ3v) is 4.54. The molecule has 0 bridgehead atoms. The fraction of sp³-hybridized carbons (Fsp3) is 0.0952. The zero-order valence-corrected chi connectivity index (χ0v) is 15.9. The Balaban J connectivity index is 2.07. The summed E-state index contributed by atoms with van der Waals surface area (Å²) in [5, 5.41) is 19.2. The van der Waals surface area contributed by atoms with Gasteiger partial charge < -0.3 is 14.8 Å². The van der Waals surface area contributed by atoms with Crippen molar-refractivity contribution in [2.24, 2.45) is 4.99 Å². The second kappa shape index (κ2) is 7.70. The molecule has 0 saturated carbocycles. The van der Waals surface area contributed by atoms with Crippen LogP contribution in [0.5, 0.6) is 0 Å². The van der Waals surface area contributed by atoms with E-state index >= 15 is 0 Å². The Bertz CT molecular complexity index is 1080. The van der Waals surface area contributed by atoms with Gasteiger partial charge in [0.15, 0.2) is 0 Å². The predicted molar refractivity (Wildman–Crippen MR) is 108 cm³/mol. The van der Waals surface area contributed by atoms with E-state index in [2.05, 4.69) is 4.99 Å². The van der Waals surface area contributed by atoms with Crippen molar-refractivity contribution < 1.29 is 19.8 Å². The summed E-state index contributed by atoms with van der Waals surface area (Å²) >= 11 is 5.97. The van der Waals surface area contributed by atoms with Crippen molar-refractivity contribution in [2.45, 2.75) is 13.8 Å². The first-order valence-corrected chi connectivity index (χ1v) is 8.74. The molecule has 28 heavy (non-hydrogen) atoms. The zero-order valence-electron chi connectivity index (χ0n) is 15.2. The lowest BCUT2D eigenvalue weighted by Gasteiger charge is -2.12. The van der Waals surface area contributed by atoms with E-state index in [-0.39, 0.29) is 11.1 Å². The summed E-state index contributed by atoms with van der Waals surface area (Å²) < 4.78 is 1.80. The van der Waals surface area contributed by atoms with Crippen LogP contribution in [0.4, 0.5) is 5.69 Å². The van der Waals surface area contributed by atoms with E-state index in [0.717, 1.165) is 23.0 Å². The molecule has 0 aliphatic rings. The smallest absolute Gasteiger partial charge is 0.335 e. The number of aliphatic imine (C=N–C) groups is 1. The number of carboxylic acids is 2. The summed E-state index contributed by atoms with van der Waals surface area (Å²) in [5.41, 5.74) is 3.46. The van der Waals surface area contributed by atoms with Crippen molar-refractivity contribution in [3.8, 4) is 5.69 Å². The molecule has 0 spiro atoms. The van der Waals surface area contributed by atoms with Crippen LogP contribution in [0.1, 0.15) is 37.7 Å².